The minimum atomic E-state index is 0.404. The monoisotopic (exact) mass is 389 g/mol. The molecule has 0 aliphatic carbocycles. The lowest BCUT2D eigenvalue weighted by molar-refractivity contribution is 0.123. The maximum absolute atomic E-state index is 6.15. The van der Waals surface area contributed by atoms with Crippen LogP contribution in [0.15, 0.2) is 41.0 Å². The number of fused-ring (bicyclic) bond motifs is 1. The lowest BCUT2D eigenvalue weighted by atomic mass is 10.2. The maximum atomic E-state index is 6.15. The summed E-state index contributed by atoms with van der Waals surface area (Å²) in [6.07, 6.45) is 0. The van der Waals surface area contributed by atoms with E-state index in [0.717, 1.165) is 24.5 Å². The first-order chi connectivity index (χ1) is 12.7. The lowest BCUT2D eigenvalue weighted by Gasteiger charge is -2.28. The Morgan fingerprint density at radius 3 is 2.54 bits per heavy atom. The third kappa shape index (κ3) is 3.44. The van der Waals surface area contributed by atoms with E-state index in [1.807, 2.05) is 30.3 Å². The lowest BCUT2D eigenvalue weighted by Crippen LogP contribution is -2.36. The van der Waals surface area contributed by atoms with Gasteiger partial charge in [-0.15, -0.1) is 0 Å². The van der Waals surface area contributed by atoms with Crippen LogP contribution in [-0.4, -0.2) is 41.7 Å². The Morgan fingerprint density at radius 2 is 1.73 bits per heavy atom. The second-order valence-corrected chi connectivity index (χ2v) is 6.57. The predicted octanol–water partition coefficient (Wildman–Crippen LogP) is 3.52. The number of hydrogen-bond acceptors (Lipinski definition) is 6. The van der Waals surface area contributed by atoms with Gasteiger partial charge in [-0.1, -0.05) is 23.7 Å². The number of nitrogens with zero attached hydrogens (tertiary/aromatic N) is 3. The predicted molar refractivity (Wildman–Crippen MR) is 106 cm³/mol. The molecule has 1 aliphatic rings. The van der Waals surface area contributed by atoms with Gasteiger partial charge in [-0.25, -0.2) is 4.63 Å². The highest BCUT2D eigenvalue weighted by Gasteiger charge is 2.19. The molecule has 7 nitrogen and oxygen atoms in total. The standard InChI is InChI=1S/C17H16ClN5O2S/c18-11-3-1-2-4-12(11)19-17(26)20-13-5-6-14(16-15(13)21-25-22-16)23-7-9-24-10-8-23/h1-6H,7-10H2,(H2,19,20,26). The molecule has 1 aliphatic heterocycles. The molecule has 9 heteroatoms. The van der Waals surface area contributed by atoms with Crippen LogP contribution in [0.1, 0.15) is 0 Å². The Labute approximate surface area is 160 Å². The highest BCUT2D eigenvalue weighted by atomic mass is 35.5. The van der Waals surface area contributed by atoms with E-state index in [1.165, 1.54) is 0 Å². The Hall–Kier alpha value is -2.42. The molecule has 0 unspecified atom stereocenters. The Bertz CT molecular complexity index is 942. The zero-order chi connectivity index (χ0) is 17.9. The van der Waals surface area contributed by atoms with Crippen LogP contribution in [0.25, 0.3) is 11.0 Å². The van der Waals surface area contributed by atoms with Crippen LogP contribution in [0.2, 0.25) is 5.02 Å². The van der Waals surface area contributed by atoms with Crippen LogP contribution in [0.4, 0.5) is 17.1 Å². The normalized spacial score (nSPS) is 14.4. The van der Waals surface area contributed by atoms with Gasteiger partial charge in [0.15, 0.2) is 16.1 Å². The zero-order valence-electron chi connectivity index (χ0n) is 13.7. The quantitative estimate of drug-likeness (QED) is 0.659. The van der Waals surface area contributed by atoms with Gasteiger partial charge in [0, 0.05) is 13.1 Å². The number of aromatic nitrogens is 2. The average molecular weight is 390 g/mol. The van der Waals surface area contributed by atoms with E-state index in [9.17, 15) is 0 Å². The Balaban J connectivity index is 1.56. The fourth-order valence-electron chi connectivity index (χ4n) is 2.85. The number of para-hydroxylation sites is 1. The average Bonchev–Trinajstić information content (AvgIpc) is 3.15. The molecule has 2 N–H and O–H groups in total. The molecule has 4 rings (SSSR count). The molecule has 1 saturated heterocycles. The molecule has 3 aromatic rings. The van der Waals surface area contributed by atoms with Crippen LogP contribution in [-0.2, 0) is 4.74 Å². The summed E-state index contributed by atoms with van der Waals surface area (Å²) in [6, 6.07) is 11.3. The van der Waals surface area contributed by atoms with E-state index in [-0.39, 0.29) is 0 Å². The fraction of sp³-hybridized carbons (Fsp3) is 0.235. The summed E-state index contributed by atoms with van der Waals surface area (Å²) in [5.74, 6) is 0. The largest absolute Gasteiger partial charge is 0.378 e. The van der Waals surface area contributed by atoms with Crippen molar-refractivity contribution in [3.63, 3.8) is 0 Å². The van der Waals surface area contributed by atoms with E-state index in [2.05, 4.69) is 25.8 Å². The van der Waals surface area contributed by atoms with Gasteiger partial charge in [0.2, 0.25) is 0 Å². The van der Waals surface area contributed by atoms with Crippen LogP contribution >= 0.6 is 23.8 Å². The zero-order valence-corrected chi connectivity index (χ0v) is 15.3. The highest BCUT2D eigenvalue weighted by molar-refractivity contribution is 7.80. The molecule has 0 atom stereocenters. The van der Waals surface area contributed by atoms with Gasteiger partial charge in [-0.05, 0) is 46.8 Å². The van der Waals surface area contributed by atoms with Crippen molar-refractivity contribution in [1.29, 1.82) is 0 Å². The maximum Gasteiger partial charge on any atom is 0.175 e. The van der Waals surface area contributed by atoms with Crippen LogP contribution < -0.4 is 15.5 Å². The molecule has 0 saturated carbocycles. The number of rotatable bonds is 3. The Kier molecular flexibility index (Phi) is 4.87. The number of benzene rings is 2. The number of anilines is 3. The molecule has 2 aromatic carbocycles. The van der Waals surface area contributed by atoms with Crippen molar-refractivity contribution in [3.8, 4) is 0 Å². The van der Waals surface area contributed by atoms with Crippen molar-refractivity contribution < 1.29 is 9.37 Å². The molecule has 2 heterocycles. The fourth-order valence-corrected chi connectivity index (χ4v) is 3.26. The third-order valence-corrected chi connectivity index (χ3v) is 4.65. The molecular weight excluding hydrogens is 374 g/mol. The van der Waals surface area contributed by atoms with Crippen LogP contribution in [0, 0.1) is 0 Å². The van der Waals surface area contributed by atoms with E-state index >= 15 is 0 Å². The van der Waals surface area contributed by atoms with Gasteiger partial charge < -0.3 is 20.3 Å². The van der Waals surface area contributed by atoms with Crippen molar-refractivity contribution in [1.82, 2.24) is 10.3 Å². The van der Waals surface area contributed by atoms with E-state index < -0.39 is 0 Å². The smallest absolute Gasteiger partial charge is 0.175 e. The molecule has 1 aromatic heterocycles. The minimum absolute atomic E-state index is 0.404. The molecule has 1 fully saturated rings. The minimum Gasteiger partial charge on any atom is -0.378 e. The summed E-state index contributed by atoms with van der Waals surface area (Å²) in [5.41, 5.74) is 3.73. The second-order valence-electron chi connectivity index (χ2n) is 5.75. The van der Waals surface area contributed by atoms with Gasteiger partial charge in [-0.3, -0.25) is 0 Å². The topological polar surface area (TPSA) is 75.5 Å². The van der Waals surface area contributed by atoms with Crippen molar-refractivity contribution in [2.45, 2.75) is 0 Å². The second kappa shape index (κ2) is 7.45. The number of nitrogens with one attached hydrogen (secondary N) is 2. The van der Waals surface area contributed by atoms with Crippen LogP contribution in [0.5, 0.6) is 0 Å². The SMILES string of the molecule is S=C(Nc1ccccc1Cl)Nc1ccc(N2CCOCC2)c2nonc12. The van der Waals surface area contributed by atoms with Gasteiger partial charge in [0.05, 0.1) is 35.3 Å². The first-order valence-corrected chi connectivity index (χ1v) is 8.91. The van der Waals surface area contributed by atoms with Gasteiger partial charge in [0.25, 0.3) is 0 Å². The summed E-state index contributed by atoms with van der Waals surface area (Å²) in [5, 5.41) is 15.3. The number of morpholine rings is 1. The molecular formula is C17H16ClN5O2S. The number of hydrogen-bond donors (Lipinski definition) is 2. The van der Waals surface area contributed by atoms with E-state index in [1.54, 1.807) is 6.07 Å². The molecule has 26 heavy (non-hydrogen) atoms. The summed E-state index contributed by atoms with van der Waals surface area (Å²) < 4.78 is 10.4. The van der Waals surface area contributed by atoms with E-state index in [0.29, 0.717) is 40.1 Å². The first kappa shape index (κ1) is 17.0. The van der Waals surface area contributed by atoms with Gasteiger partial charge in [0.1, 0.15) is 0 Å². The highest BCUT2D eigenvalue weighted by Crippen LogP contribution is 2.30. The third-order valence-electron chi connectivity index (χ3n) is 4.12. The van der Waals surface area contributed by atoms with Crippen molar-refractivity contribution in [2.75, 3.05) is 41.8 Å². The summed E-state index contributed by atoms with van der Waals surface area (Å²) in [7, 11) is 0. The number of thiocarbonyl (C=S) groups is 1. The van der Waals surface area contributed by atoms with Crippen molar-refractivity contribution in [3.05, 3.63) is 41.4 Å². The van der Waals surface area contributed by atoms with Crippen LogP contribution in [0.3, 0.4) is 0 Å². The summed E-state index contributed by atoms with van der Waals surface area (Å²) in [4.78, 5) is 2.21. The Morgan fingerprint density at radius 1 is 1.00 bits per heavy atom. The summed E-state index contributed by atoms with van der Waals surface area (Å²) >= 11 is 11.5. The molecule has 0 radical (unpaired) electrons. The number of halogens is 1. The van der Waals surface area contributed by atoms with Gasteiger partial charge in [-0.2, -0.15) is 0 Å². The van der Waals surface area contributed by atoms with Crippen molar-refractivity contribution >= 4 is 57.0 Å². The van der Waals surface area contributed by atoms with Gasteiger partial charge >= 0.3 is 0 Å². The molecule has 0 amide bonds. The first-order valence-electron chi connectivity index (χ1n) is 8.13. The molecule has 0 spiro atoms. The molecule has 0 bridgehead atoms. The summed E-state index contributed by atoms with van der Waals surface area (Å²) in [6.45, 7) is 3.00. The van der Waals surface area contributed by atoms with Crippen molar-refractivity contribution in [2.24, 2.45) is 0 Å². The van der Waals surface area contributed by atoms with E-state index in [4.69, 9.17) is 33.2 Å². The molecule has 134 valence electrons. The number of ether oxygens (including phenoxy) is 1.